The van der Waals surface area contributed by atoms with Crippen LogP contribution >= 0.6 is 0 Å². The zero-order valence-corrected chi connectivity index (χ0v) is 33.8. The largest absolute Gasteiger partial charge is 4.00 e. The van der Waals surface area contributed by atoms with Crippen LogP contribution in [0.4, 0.5) is 0 Å². The van der Waals surface area contributed by atoms with Crippen LogP contribution in [-0.2, 0) is 21.7 Å². The molecule has 0 fully saturated rings. The molecule has 0 radical (unpaired) electrons. The van der Waals surface area contributed by atoms with E-state index in [1.807, 2.05) is 60.7 Å². The van der Waals surface area contributed by atoms with E-state index in [-0.39, 0.29) is 21.7 Å². The van der Waals surface area contributed by atoms with Crippen molar-refractivity contribution in [2.45, 2.75) is 91.4 Å². The van der Waals surface area contributed by atoms with E-state index in [0.717, 1.165) is 11.1 Å². The Hall–Kier alpha value is -1.28. The van der Waals surface area contributed by atoms with Gasteiger partial charge in [-0.15, -0.1) is 37.1 Å². The van der Waals surface area contributed by atoms with Crippen LogP contribution in [0.5, 0.6) is 0 Å². The van der Waals surface area contributed by atoms with Crippen LogP contribution in [0.2, 0.25) is 78.6 Å². The Balaban J connectivity index is 0.000000536. The molecular weight excluding hydrogens is 593 g/mol. The van der Waals surface area contributed by atoms with Crippen LogP contribution in [0.1, 0.15) is 24.0 Å². The molecule has 2 aliphatic carbocycles. The van der Waals surface area contributed by atoms with E-state index in [9.17, 15) is 0 Å². The Morgan fingerprint density at radius 2 is 0.732 bits per heavy atom. The third kappa shape index (κ3) is 16.2. The van der Waals surface area contributed by atoms with E-state index < -0.39 is 32.3 Å². The van der Waals surface area contributed by atoms with Crippen molar-refractivity contribution in [3.8, 4) is 0 Å². The molecular formula is C36H56Si4Ti. The molecule has 4 rings (SSSR count). The van der Waals surface area contributed by atoms with Gasteiger partial charge in [-0.2, -0.15) is 59.6 Å². The fourth-order valence-corrected chi connectivity index (χ4v) is 9.05. The summed E-state index contributed by atoms with van der Waals surface area (Å²) in [5, 5.41) is 6.32. The van der Waals surface area contributed by atoms with Gasteiger partial charge in [0.05, 0.1) is 16.1 Å². The van der Waals surface area contributed by atoms with Crippen molar-refractivity contribution in [2.24, 2.45) is 0 Å². The molecule has 0 N–H and O–H groups in total. The van der Waals surface area contributed by atoms with Crippen LogP contribution in [0, 0.1) is 26.0 Å². The van der Waals surface area contributed by atoms with Gasteiger partial charge in [-0.05, 0) is 0 Å². The Kier molecular flexibility index (Phi) is 16.6. The molecule has 0 spiro atoms. The molecule has 2 aromatic carbocycles. The molecule has 0 aliphatic heterocycles. The van der Waals surface area contributed by atoms with Crippen LogP contribution in [0.15, 0.2) is 93.6 Å². The summed E-state index contributed by atoms with van der Waals surface area (Å²) >= 11 is 0. The maximum atomic E-state index is 3.72. The molecule has 2 aliphatic rings. The van der Waals surface area contributed by atoms with Gasteiger partial charge >= 0.3 is 21.7 Å². The molecule has 0 aromatic heterocycles. The first-order valence-corrected chi connectivity index (χ1v) is 28.6. The summed E-state index contributed by atoms with van der Waals surface area (Å²) in [7, 11) is -4.32. The summed E-state index contributed by atoms with van der Waals surface area (Å²) in [5.41, 5.74) is 2.14. The van der Waals surface area contributed by atoms with Gasteiger partial charge in [0.2, 0.25) is 0 Å². The number of hydrogen-bond acceptors (Lipinski definition) is 0. The summed E-state index contributed by atoms with van der Waals surface area (Å²) in [6.45, 7) is 36.3. The Morgan fingerprint density at radius 3 is 0.854 bits per heavy atom. The van der Waals surface area contributed by atoms with Gasteiger partial charge in [0.15, 0.2) is 0 Å². The van der Waals surface area contributed by atoms with Crippen molar-refractivity contribution in [1.29, 1.82) is 0 Å². The first-order valence-electron chi connectivity index (χ1n) is 14.6. The van der Waals surface area contributed by atoms with Gasteiger partial charge in [-0.1, -0.05) is 90.7 Å². The van der Waals surface area contributed by atoms with E-state index in [0.29, 0.717) is 0 Å². The molecule has 0 saturated carbocycles. The second-order valence-corrected chi connectivity index (χ2v) is 35.1. The van der Waals surface area contributed by atoms with Crippen LogP contribution in [-0.4, -0.2) is 32.3 Å². The molecule has 0 bridgehead atoms. The topological polar surface area (TPSA) is 0 Å². The van der Waals surface area contributed by atoms with Crippen molar-refractivity contribution in [1.82, 2.24) is 0 Å². The molecule has 0 saturated heterocycles. The second-order valence-electron chi connectivity index (χ2n) is 14.8. The third-order valence-corrected chi connectivity index (χ3v) is 14.9. The quantitative estimate of drug-likeness (QED) is 0.229. The van der Waals surface area contributed by atoms with Crippen molar-refractivity contribution in [3.05, 3.63) is 131 Å². The summed E-state index contributed by atoms with van der Waals surface area (Å²) in [6.07, 6.45) is 14.6. The fourth-order valence-electron chi connectivity index (χ4n) is 3.87. The monoisotopic (exact) mass is 648 g/mol. The Bertz CT molecular complexity index is 1070. The number of rotatable bonds is 4. The Morgan fingerprint density at radius 1 is 0.463 bits per heavy atom. The van der Waals surface area contributed by atoms with E-state index in [4.69, 9.17) is 0 Å². The van der Waals surface area contributed by atoms with Crippen molar-refractivity contribution >= 4 is 32.3 Å². The minimum Gasteiger partial charge on any atom is -0.258 e. The minimum atomic E-state index is -1.09. The standard InChI is InChI=1S/2C11H21Si2.2C7H7.Ti/c2*1-12(2,3)10-7-8-11(9-10)13(4,5)6;2*1-7-5-3-2-4-6-7;/h2*7H,8H2,1-6H3;2*2-6H,1H2;/q4*-1;+4. The predicted octanol–water partition coefficient (Wildman–Crippen LogP) is 11.3. The molecule has 5 heteroatoms. The minimum absolute atomic E-state index is 0. The summed E-state index contributed by atoms with van der Waals surface area (Å²) < 4.78 is 0. The van der Waals surface area contributed by atoms with E-state index in [1.165, 1.54) is 12.8 Å². The van der Waals surface area contributed by atoms with Crippen LogP contribution in [0.25, 0.3) is 0 Å². The summed E-state index contributed by atoms with van der Waals surface area (Å²) in [5.74, 6) is 0. The zero-order chi connectivity index (χ0) is 30.8. The van der Waals surface area contributed by atoms with Crippen molar-refractivity contribution < 1.29 is 21.7 Å². The van der Waals surface area contributed by atoms with Gasteiger partial charge in [-0.3, -0.25) is 12.2 Å². The van der Waals surface area contributed by atoms with Gasteiger partial charge < -0.3 is 0 Å². The van der Waals surface area contributed by atoms with Gasteiger partial charge in [0.25, 0.3) is 0 Å². The normalized spacial score (nSPS) is 14.7. The number of hydrogen-bond donors (Lipinski definition) is 0. The first kappa shape index (κ1) is 39.7. The molecule has 0 heterocycles. The molecule has 0 atom stereocenters. The summed E-state index contributed by atoms with van der Waals surface area (Å²) in [6, 6.07) is 19.7. The average molecular weight is 649 g/mol. The first-order chi connectivity index (χ1) is 18.2. The third-order valence-electron chi connectivity index (χ3n) is 6.70. The number of benzene rings is 2. The Labute approximate surface area is 274 Å². The zero-order valence-electron chi connectivity index (χ0n) is 28.3. The molecule has 220 valence electrons. The van der Waals surface area contributed by atoms with E-state index in [1.54, 1.807) is 20.8 Å². The smallest absolute Gasteiger partial charge is 0.258 e. The molecule has 41 heavy (non-hydrogen) atoms. The average Bonchev–Trinajstić information content (AvgIpc) is 3.51. The van der Waals surface area contributed by atoms with E-state index in [2.05, 4.69) is 117 Å². The fraction of sp³-hybridized carbons (Fsp3) is 0.389. The van der Waals surface area contributed by atoms with Crippen molar-refractivity contribution in [3.63, 3.8) is 0 Å². The maximum absolute atomic E-state index is 3.72. The van der Waals surface area contributed by atoms with E-state index >= 15 is 0 Å². The van der Waals surface area contributed by atoms with Gasteiger partial charge in [0, 0.05) is 16.1 Å². The van der Waals surface area contributed by atoms with Crippen LogP contribution < -0.4 is 0 Å². The molecule has 2 aromatic rings. The second kappa shape index (κ2) is 17.1. The SMILES string of the molecule is C[Si](C)(C)C1=[C-]C([Si](C)(C)C)=CC1.C[Si](C)(C)C1=[C-]C([Si](C)(C)C)=CC1.[CH2-]c1ccccc1.[CH2-]c1ccccc1.[Ti+4]. The molecule has 0 amide bonds. The summed E-state index contributed by atoms with van der Waals surface area (Å²) in [4.78, 5) is 0. The van der Waals surface area contributed by atoms with Gasteiger partial charge in [-0.25, -0.2) is 22.5 Å². The maximum Gasteiger partial charge on any atom is 4.00 e. The number of allylic oxidation sites excluding steroid dienone is 8. The molecule has 0 unspecified atom stereocenters. The van der Waals surface area contributed by atoms with Gasteiger partial charge in [0.1, 0.15) is 0 Å². The van der Waals surface area contributed by atoms with Crippen LogP contribution in [0.3, 0.4) is 0 Å². The van der Waals surface area contributed by atoms with Crippen molar-refractivity contribution in [2.75, 3.05) is 0 Å². The predicted molar refractivity (Wildman–Crippen MR) is 194 cm³/mol. The molecule has 0 nitrogen and oxygen atoms in total.